The van der Waals surface area contributed by atoms with Gasteiger partial charge in [-0.2, -0.15) is 10.4 Å². The molecule has 0 atom stereocenters. The van der Waals surface area contributed by atoms with Crippen molar-refractivity contribution in [1.82, 2.24) is 25.0 Å². The topological polar surface area (TPSA) is 87.7 Å². The molecule has 0 saturated heterocycles. The van der Waals surface area contributed by atoms with Crippen LogP contribution in [0.15, 0.2) is 48.7 Å². The highest BCUT2D eigenvalue weighted by Gasteiger charge is 2.21. The number of nitriles is 1. The molecule has 0 aliphatic carbocycles. The Kier molecular flexibility index (Phi) is 5.75. The van der Waals surface area contributed by atoms with E-state index in [4.69, 9.17) is 5.26 Å². The molecule has 0 fully saturated rings. The largest absolute Gasteiger partial charge is 0.349 e. The van der Waals surface area contributed by atoms with E-state index < -0.39 is 5.82 Å². The normalized spacial score (nSPS) is 11.0. The van der Waals surface area contributed by atoms with Gasteiger partial charge in [0.15, 0.2) is 0 Å². The molecule has 4 aromatic rings. The van der Waals surface area contributed by atoms with Gasteiger partial charge in [-0.1, -0.05) is 12.1 Å². The van der Waals surface area contributed by atoms with Crippen molar-refractivity contribution in [3.63, 3.8) is 0 Å². The Bertz CT molecular complexity index is 1360. The molecule has 0 radical (unpaired) electrons. The lowest BCUT2D eigenvalue weighted by Gasteiger charge is -2.11. The van der Waals surface area contributed by atoms with E-state index in [1.165, 1.54) is 12.1 Å². The molecule has 32 heavy (non-hydrogen) atoms. The fraction of sp³-hybridized carbons (Fsp3) is 0.208. The van der Waals surface area contributed by atoms with Crippen molar-refractivity contribution in [1.29, 1.82) is 5.26 Å². The van der Waals surface area contributed by atoms with Gasteiger partial charge in [-0.25, -0.2) is 4.39 Å². The molecular formula is C24H23FN6O. The predicted molar refractivity (Wildman–Crippen MR) is 121 cm³/mol. The standard InChI is InChI=1S/C24H23FN6O/c1-27-8-9-28-24(32)22-12-19(15-4-5-17(13-26)20(25)11-15)23(31(22)3)16-6-7-21-18(10-16)14-30(2)29-21/h4-7,10-12,14,27H,8-9H2,1-3H3,(H,28,32). The molecule has 7 nitrogen and oxygen atoms in total. The number of amides is 1. The lowest BCUT2D eigenvalue weighted by Crippen LogP contribution is -2.31. The smallest absolute Gasteiger partial charge is 0.267 e. The number of halogens is 1. The lowest BCUT2D eigenvalue weighted by molar-refractivity contribution is 0.0946. The molecule has 8 heteroatoms. The van der Waals surface area contributed by atoms with Crippen molar-refractivity contribution >= 4 is 16.8 Å². The Morgan fingerprint density at radius 2 is 1.91 bits per heavy atom. The maximum absolute atomic E-state index is 14.4. The number of nitrogens with zero attached hydrogens (tertiary/aromatic N) is 4. The van der Waals surface area contributed by atoms with Gasteiger partial charge in [-0.3, -0.25) is 9.48 Å². The van der Waals surface area contributed by atoms with Crippen LogP contribution < -0.4 is 10.6 Å². The summed E-state index contributed by atoms with van der Waals surface area (Å²) >= 11 is 0. The highest BCUT2D eigenvalue weighted by Crippen LogP contribution is 2.36. The van der Waals surface area contributed by atoms with Gasteiger partial charge in [0, 0.05) is 44.3 Å². The van der Waals surface area contributed by atoms with Crippen molar-refractivity contribution in [2.75, 3.05) is 20.1 Å². The van der Waals surface area contributed by atoms with E-state index in [0.29, 0.717) is 29.9 Å². The van der Waals surface area contributed by atoms with Gasteiger partial charge in [0.05, 0.1) is 16.8 Å². The van der Waals surface area contributed by atoms with Crippen LogP contribution in [0.4, 0.5) is 4.39 Å². The number of hydrogen-bond donors (Lipinski definition) is 2. The molecule has 2 aromatic carbocycles. The Balaban J connectivity index is 1.88. The van der Waals surface area contributed by atoms with E-state index in [0.717, 1.165) is 22.2 Å². The monoisotopic (exact) mass is 430 g/mol. The summed E-state index contributed by atoms with van der Waals surface area (Å²) in [5, 5.41) is 20.3. The molecule has 0 aliphatic rings. The van der Waals surface area contributed by atoms with Crippen LogP contribution in [0.2, 0.25) is 0 Å². The SMILES string of the molecule is CNCCNC(=O)c1cc(-c2ccc(C#N)c(F)c2)c(-c2ccc3nn(C)cc3c2)n1C. The van der Waals surface area contributed by atoms with Crippen LogP contribution in [0.3, 0.4) is 0 Å². The molecule has 0 spiro atoms. The van der Waals surface area contributed by atoms with Crippen molar-refractivity contribution in [3.05, 3.63) is 65.7 Å². The summed E-state index contributed by atoms with van der Waals surface area (Å²) in [5.41, 5.74) is 4.25. The summed E-state index contributed by atoms with van der Waals surface area (Å²) in [5.74, 6) is -0.811. The van der Waals surface area contributed by atoms with Gasteiger partial charge >= 0.3 is 0 Å². The maximum atomic E-state index is 14.4. The Hall–Kier alpha value is -3.96. The average molecular weight is 430 g/mol. The summed E-state index contributed by atoms with van der Waals surface area (Å²) in [6.45, 7) is 1.13. The van der Waals surface area contributed by atoms with Crippen LogP contribution in [0.5, 0.6) is 0 Å². The number of aryl methyl sites for hydroxylation is 1. The summed E-state index contributed by atoms with van der Waals surface area (Å²) in [6.07, 6.45) is 1.92. The molecular weight excluding hydrogens is 407 g/mol. The number of carbonyl (C=O) groups excluding carboxylic acids is 1. The highest BCUT2D eigenvalue weighted by atomic mass is 19.1. The number of likely N-dealkylation sites (N-methyl/N-ethyl adjacent to an activating group) is 1. The Morgan fingerprint density at radius 3 is 2.62 bits per heavy atom. The first kappa shape index (κ1) is 21.3. The quantitative estimate of drug-likeness (QED) is 0.460. The maximum Gasteiger partial charge on any atom is 0.267 e. The number of nitrogens with one attached hydrogen (secondary N) is 2. The Morgan fingerprint density at radius 1 is 1.12 bits per heavy atom. The van der Waals surface area contributed by atoms with Crippen molar-refractivity contribution in [2.45, 2.75) is 0 Å². The van der Waals surface area contributed by atoms with Gasteiger partial charge in [-0.15, -0.1) is 0 Å². The zero-order valence-electron chi connectivity index (χ0n) is 18.1. The van der Waals surface area contributed by atoms with Crippen molar-refractivity contribution < 1.29 is 9.18 Å². The number of hydrogen-bond acceptors (Lipinski definition) is 4. The average Bonchev–Trinajstić information content (AvgIpc) is 3.32. The van der Waals surface area contributed by atoms with Crippen molar-refractivity contribution in [3.8, 4) is 28.5 Å². The predicted octanol–water partition coefficient (Wildman–Crippen LogP) is 3.21. The minimum Gasteiger partial charge on any atom is -0.349 e. The van der Waals surface area contributed by atoms with E-state index in [2.05, 4.69) is 15.7 Å². The zero-order valence-corrected chi connectivity index (χ0v) is 18.1. The second-order valence-corrected chi connectivity index (χ2v) is 7.59. The van der Waals surface area contributed by atoms with Gasteiger partial charge in [0.25, 0.3) is 5.91 Å². The Labute approximate surface area is 185 Å². The van der Waals surface area contributed by atoms with E-state index in [9.17, 15) is 9.18 Å². The van der Waals surface area contributed by atoms with Gasteiger partial charge in [0.2, 0.25) is 0 Å². The number of benzene rings is 2. The van der Waals surface area contributed by atoms with Crippen LogP contribution >= 0.6 is 0 Å². The fourth-order valence-electron chi connectivity index (χ4n) is 3.85. The van der Waals surface area contributed by atoms with Crippen LogP contribution in [0.25, 0.3) is 33.3 Å². The second kappa shape index (κ2) is 8.65. The van der Waals surface area contributed by atoms with Crippen LogP contribution in [0, 0.1) is 17.1 Å². The van der Waals surface area contributed by atoms with Crippen LogP contribution in [-0.2, 0) is 14.1 Å². The summed E-state index contributed by atoms with van der Waals surface area (Å²) < 4.78 is 18.0. The van der Waals surface area contributed by atoms with E-state index in [1.54, 1.807) is 16.8 Å². The third-order valence-electron chi connectivity index (χ3n) is 5.42. The van der Waals surface area contributed by atoms with E-state index in [1.807, 2.05) is 56.2 Å². The zero-order chi connectivity index (χ0) is 22.8. The molecule has 162 valence electrons. The minimum atomic E-state index is -0.595. The molecule has 4 rings (SSSR count). The molecule has 0 unspecified atom stereocenters. The first-order valence-electron chi connectivity index (χ1n) is 10.2. The summed E-state index contributed by atoms with van der Waals surface area (Å²) in [4.78, 5) is 12.9. The molecule has 0 saturated carbocycles. The molecule has 2 N–H and O–H groups in total. The highest BCUT2D eigenvalue weighted by molar-refractivity contribution is 5.98. The first-order valence-corrected chi connectivity index (χ1v) is 10.2. The number of fused-ring (bicyclic) bond motifs is 1. The number of aromatic nitrogens is 3. The summed E-state index contributed by atoms with van der Waals surface area (Å²) in [7, 11) is 5.50. The third kappa shape index (κ3) is 3.86. The van der Waals surface area contributed by atoms with Crippen molar-refractivity contribution in [2.24, 2.45) is 14.1 Å². The lowest BCUT2D eigenvalue weighted by atomic mass is 9.99. The van der Waals surface area contributed by atoms with E-state index in [-0.39, 0.29) is 11.5 Å². The molecule has 2 heterocycles. The molecule has 0 bridgehead atoms. The molecule has 2 aromatic heterocycles. The van der Waals surface area contributed by atoms with Gasteiger partial charge in [0.1, 0.15) is 17.6 Å². The van der Waals surface area contributed by atoms with Crippen LogP contribution in [-0.4, -0.2) is 40.4 Å². The number of carbonyl (C=O) groups is 1. The summed E-state index contributed by atoms with van der Waals surface area (Å²) in [6, 6.07) is 14.0. The van der Waals surface area contributed by atoms with Gasteiger partial charge < -0.3 is 15.2 Å². The molecule has 0 aliphatic heterocycles. The van der Waals surface area contributed by atoms with Gasteiger partial charge in [-0.05, 0) is 48.5 Å². The first-order chi connectivity index (χ1) is 15.4. The third-order valence-corrected chi connectivity index (χ3v) is 5.42. The second-order valence-electron chi connectivity index (χ2n) is 7.59. The fourth-order valence-corrected chi connectivity index (χ4v) is 3.85. The minimum absolute atomic E-state index is 0.0203. The van der Waals surface area contributed by atoms with Crippen LogP contribution in [0.1, 0.15) is 16.1 Å². The van der Waals surface area contributed by atoms with E-state index >= 15 is 0 Å². The number of rotatable bonds is 6. The molecule has 1 amide bonds.